The number of ether oxygens (including phenoxy) is 2. The third-order valence-corrected chi connectivity index (χ3v) is 9.45. The summed E-state index contributed by atoms with van der Waals surface area (Å²) < 4.78 is 12.1. The fourth-order valence-corrected chi connectivity index (χ4v) is 8.04. The molecule has 0 aromatic rings. The molecule has 9 unspecified atom stereocenters. The van der Waals surface area contributed by atoms with E-state index in [2.05, 4.69) is 20.8 Å². The van der Waals surface area contributed by atoms with Crippen LogP contribution in [0.15, 0.2) is 0 Å². The van der Waals surface area contributed by atoms with Gasteiger partial charge in [0.15, 0.2) is 0 Å². The smallest absolute Gasteiger partial charge is 0.0844 e. The quantitative estimate of drug-likeness (QED) is 0.496. The fraction of sp³-hybridized carbons (Fsp3) is 1.00. The molecule has 7 fully saturated rings. The number of hydrogen-bond donors (Lipinski definition) is 0. The van der Waals surface area contributed by atoms with E-state index >= 15 is 0 Å². The third-order valence-electron chi connectivity index (χ3n) is 9.45. The fourth-order valence-electron chi connectivity index (χ4n) is 8.04. The molecule has 4 aliphatic carbocycles. The van der Waals surface area contributed by atoms with E-state index in [1.807, 2.05) is 0 Å². The second-order valence-electron chi connectivity index (χ2n) is 11.5. The van der Waals surface area contributed by atoms with Crippen molar-refractivity contribution in [3.05, 3.63) is 0 Å². The normalized spacial score (nSPS) is 54.3. The van der Waals surface area contributed by atoms with Gasteiger partial charge in [0.2, 0.25) is 0 Å². The Kier molecular flexibility index (Phi) is 5.83. The van der Waals surface area contributed by atoms with Crippen molar-refractivity contribution in [1.82, 2.24) is 0 Å². The highest BCUT2D eigenvalue weighted by atomic mass is 16.6. The van der Waals surface area contributed by atoms with E-state index in [0.29, 0.717) is 24.4 Å². The van der Waals surface area contributed by atoms with Gasteiger partial charge in [-0.15, -0.1) is 0 Å². The van der Waals surface area contributed by atoms with Crippen molar-refractivity contribution < 1.29 is 9.47 Å². The first-order valence-electron chi connectivity index (χ1n) is 13.0. The minimum Gasteiger partial charge on any atom is -0.374 e. The van der Waals surface area contributed by atoms with Crippen LogP contribution in [0, 0.1) is 41.4 Å². The lowest BCUT2D eigenvalue weighted by molar-refractivity contribution is -0.252. The Labute approximate surface area is 173 Å². The summed E-state index contributed by atoms with van der Waals surface area (Å²) in [6.07, 6.45) is 19.9. The van der Waals surface area contributed by atoms with E-state index in [9.17, 15) is 0 Å². The van der Waals surface area contributed by atoms with Gasteiger partial charge in [0.1, 0.15) is 0 Å². The Morgan fingerprint density at radius 2 is 1.07 bits per heavy atom. The summed E-state index contributed by atoms with van der Waals surface area (Å²) in [4.78, 5) is 0. The lowest BCUT2D eigenvalue weighted by atomic mass is 9.58. The summed E-state index contributed by atoms with van der Waals surface area (Å²) in [5, 5.41) is 0. The molecule has 7 rings (SSSR count). The summed E-state index contributed by atoms with van der Waals surface area (Å²) in [5.74, 6) is 7.00. The van der Waals surface area contributed by atoms with E-state index in [1.165, 1.54) is 64.2 Å². The van der Waals surface area contributed by atoms with Crippen molar-refractivity contribution in [3.8, 4) is 0 Å². The van der Waals surface area contributed by atoms with Crippen LogP contribution < -0.4 is 0 Å². The molecule has 3 aliphatic heterocycles. The largest absolute Gasteiger partial charge is 0.374 e. The van der Waals surface area contributed by atoms with Gasteiger partial charge in [-0.25, -0.2) is 0 Å². The summed E-state index contributed by atoms with van der Waals surface area (Å²) in [6, 6.07) is 0. The van der Waals surface area contributed by atoms with Crippen molar-refractivity contribution in [1.29, 1.82) is 0 Å². The standard InChI is InChI=1S/C23H36O2.C3H8/c1-13-2-3-15-9-16(5-4-14(15)8-13)18-11-21-23(22(12-18)25-21)17-6-7-19-20(10-17)24-19;1-3-2/h13-23H,2-12H2,1H3;3H2,1-2H3. The lowest BCUT2D eigenvalue weighted by Gasteiger charge is -2.57. The van der Waals surface area contributed by atoms with E-state index in [4.69, 9.17) is 9.47 Å². The van der Waals surface area contributed by atoms with Crippen LogP contribution >= 0.6 is 0 Å². The predicted octanol–water partition coefficient (Wildman–Crippen LogP) is 6.62. The highest BCUT2D eigenvalue weighted by Crippen LogP contribution is 2.56. The molecule has 0 aromatic carbocycles. The van der Waals surface area contributed by atoms with Crippen molar-refractivity contribution in [2.24, 2.45) is 41.4 Å². The summed E-state index contributed by atoms with van der Waals surface area (Å²) in [7, 11) is 0. The molecule has 3 saturated heterocycles. The molecule has 3 heterocycles. The maximum atomic E-state index is 6.29. The van der Waals surface area contributed by atoms with Gasteiger partial charge in [-0.05, 0) is 99.7 Å². The van der Waals surface area contributed by atoms with Crippen LogP contribution in [0.3, 0.4) is 0 Å². The number of epoxide rings is 1. The molecular weight excluding hydrogens is 344 g/mol. The highest BCUT2D eigenvalue weighted by molar-refractivity contribution is 5.04. The zero-order valence-corrected chi connectivity index (χ0v) is 18.7. The second-order valence-corrected chi connectivity index (χ2v) is 11.5. The molecule has 9 atom stereocenters. The van der Waals surface area contributed by atoms with Gasteiger partial charge in [-0.3, -0.25) is 0 Å². The molecule has 2 heteroatoms. The summed E-state index contributed by atoms with van der Waals surface area (Å²) in [6.45, 7) is 6.73. The van der Waals surface area contributed by atoms with Crippen molar-refractivity contribution in [3.63, 3.8) is 0 Å². The Morgan fingerprint density at radius 1 is 0.536 bits per heavy atom. The van der Waals surface area contributed by atoms with Crippen LogP contribution in [0.25, 0.3) is 0 Å². The van der Waals surface area contributed by atoms with Crippen LogP contribution in [0.1, 0.15) is 97.8 Å². The molecule has 2 bridgehead atoms. The second kappa shape index (κ2) is 8.22. The minimum absolute atomic E-state index is 0.619. The van der Waals surface area contributed by atoms with Crippen molar-refractivity contribution >= 4 is 0 Å². The number of hydrogen-bond acceptors (Lipinski definition) is 2. The SMILES string of the molecule is CC1CCC2CC(C3CC4OC(C3)C4C3CCC4OC4C3)CCC2C1.CCC. The summed E-state index contributed by atoms with van der Waals surface area (Å²) in [5.41, 5.74) is 0. The highest BCUT2D eigenvalue weighted by Gasteiger charge is 2.56. The van der Waals surface area contributed by atoms with Crippen LogP contribution in [0.2, 0.25) is 0 Å². The van der Waals surface area contributed by atoms with Crippen molar-refractivity contribution in [2.75, 3.05) is 0 Å². The Balaban J connectivity index is 0.000000538. The molecule has 0 spiro atoms. The predicted molar refractivity (Wildman–Crippen MR) is 114 cm³/mol. The summed E-state index contributed by atoms with van der Waals surface area (Å²) >= 11 is 0. The molecule has 0 radical (unpaired) electrons. The van der Waals surface area contributed by atoms with E-state index in [1.54, 1.807) is 12.8 Å². The van der Waals surface area contributed by atoms with Gasteiger partial charge in [0, 0.05) is 5.92 Å². The van der Waals surface area contributed by atoms with Gasteiger partial charge in [0.05, 0.1) is 24.4 Å². The monoisotopic (exact) mass is 388 g/mol. The van der Waals surface area contributed by atoms with Crippen LogP contribution in [0.4, 0.5) is 0 Å². The number of fused-ring (bicyclic) bond motifs is 4. The third kappa shape index (κ3) is 3.82. The van der Waals surface area contributed by atoms with Gasteiger partial charge in [-0.1, -0.05) is 33.6 Å². The van der Waals surface area contributed by atoms with E-state index in [0.717, 1.165) is 41.4 Å². The molecule has 160 valence electrons. The lowest BCUT2D eigenvalue weighted by Crippen LogP contribution is -2.59. The van der Waals surface area contributed by atoms with E-state index < -0.39 is 0 Å². The van der Waals surface area contributed by atoms with Crippen LogP contribution in [0.5, 0.6) is 0 Å². The Hall–Kier alpha value is -0.0800. The molecule has 7 aliphatic rings. The topological polar surface area (TPSA) is 21.8 Å². The Bertz CT molecular complexity index is 521. The van der Waals surface area contributed by atoms with Gasteiger partial charge < -0.3 is 9.47 Å². The van der Waals surface area contributed by atoms with E-state index in [-0.39, 0.29) is 0 Å². The minimum atomic E-state index is 0.619. The molecule has 0 amide bonds. The first-order chi connectivity index (χ1) is 13.7. The molecule has 0 aromatic heterocycles. The zero-order valence-electron chi connectivity index (χ0n) is 18.7. The van der Waals surface area contributed by atoms with Crippen molar-refractivity contribution in [2.45, 2.75) is 122 Å². The maximum Gasteiger partial charge on any atom is 0.0844 e. The van der Waals surface area contributed by atoms with Crippen LogP contribution in [-0.4, -0.2) is 24.4 Å². The van der Waals surface area contributed by atoms with Gasteiger partial charge >= 0.3 is 0 Å². The zero-order chi connectivity index (χ0) is 19.3. The van der Waals surface area contributed by atoms with Crippen LogP contribution in [-0.2, 0) is 9.47 Å². The average molecular weight is 389 g/mol. The molecule has 28 heavy (non-hydrogen) atoms. The number of rotatable bonds is 2. The average Bonchev–Trinajstić information content (AvgIpc) is 3.47. The van der Waals surface area contributed by atoms with Gasteiger partial charge in [-0.2, -0.15) is 0 Å². The Morgan fingerprint density at radius 3 is 1.79 bits per heavy atom. The van der Waals surface area contributed by atoms with Gasteiger partial charge in [0.25, 0.3) is 0 Å². The molecular formula is C26H44O2. The molecule has 2 nitrogen and oxygen atoms in total. The first-order valence-corrected chi connectivity index (χ1v) is 13.0. The molecule has 4 saturated carbocycles. The maximum absolute atomic E-state index is 6.29. The molecule has 0 N–H and O–H groups in total. The first kappa shape index (κ1) is 19.9.